The van der Waals surface area contributed by atoms with Crippen molar-refractivity contribution in [1.82, 2.24) is 5.32 Å². The summed E-state index contributed by atoms with van der Waals surface area (Å²) in [5, 5.41) is 2.77. The van der Waals surface area contributed by atoms with Gasteiger partial charge in [-0.05, 0) is 34.4 Å². The lowest BCUT2D eigenvalue weighted by Gasteiger charge is -2.14. The molecule has 0 heterocycles. The molecule has 0 atom stereocenters. The predicted molar refractivity (Wildman–Crippen MR) is 118 cm³/mol. The average Bonchev–Trinajstić information content (AvgIpc) is 3.07. The third kappa shape index (κ3) is 4.31. The molecule has 3 nitrogen and oxygen atoms in total. The molecule has 29 heavy (non-hydrogen) atoms. The van der Waals surface area contributed by atoms with Crippen molar-refractivity contribution in [2.75, 3.05) is 13.2 Å². The maximum absolute atomic E-state index is 12.1. The molecule has 0 saturated heterocycles. The first-order valence-corrected chi connectivity index (χ1v) is 10.0. The van der Waals surface area contributed by atoms with Crippen molar-refractivity contribution in [2.24, 2.45) is 0 Å². The number of hydrogen-bond acceptors (Lipinski definition) is 3. The minimum Gasteiger partial charge on any atom is -0.449 e. The van der Waals surface area contributed by atoms with Crippen molar-refractivity contribution in [3.8, 4) is 23.0 Å². The number of ether oxygens (including phenoxy) is 1. The van der Waals surface area contributed by atoms with Crippen molar-refractivity contribution in [2.45, 2.75) is 17.2 Å². The van der Waals surface area contributed by atoms with Gasteiger partial charge in [0.15, 0.2) is 0 Å². The summed E-state index contributed by atoms with van der Waals surface area (Å²) in [6.07, 6.45) is 0.134. The number of rotatable bonds is 4. The van der Waals surface area contributed by atoms with E-state index in [1.54, 1.807) is 0 Å². The van der Waals surface area contributed by atoms with Crippen molar-refractivity contribution in [3.63, 3.8) is 0 Å². The highest BCUT2D eigenvalue weighted by molar-refractivity contribution is 7.80. The van der Waals surface area contributed by atoms with Crippen molar-refractivity contribution >= 4 is 18.7 Å². The number of thiol groups is 1. The van der Waals surface area contributed by atoms with Crippen LogP contribution in [0, 0.1) is 11.8 Å². The minimum absolute atomic E-state index is 0.0693. The highest BCUT2D eigenvalue weighted by Crippen LogP contribution is 2.44. The van der Waals surface area contributed by atoms with Gasteiger partial charge in [0.1, 0.15) is 6.61 Å². The molecule has 1 N–H and O–H groups in total. The van der Waals surface area contributed by atoms with Gasteiger partial charge in [-0.25, -0.2) is 4.79 Å². The van der Waals surface area contributed by atoms with Gasteiger partial charge in [0.05, 0.1) is 0 Å². The molecule has 0 unspecified atom stereocenters. The Labute approximate surface area is 176 Å². The molecule has 0 saturated carbocycles. The van der Waals surface area contributed by atoms with Crippen LogP contribution in [0.1, 0.15) is 29.0 Å². The molecule has 0 aliphatic heterocycles. The largest absolute Gasteiger partial charge is 0.449 e. The summed E-state index contributed by atoms with van der Waals surface area (Å²) in [6.45, 7) is 0.761. The summed E-state index contributed by atoms with van der Waals surface area (Å²) >= 11 is 4.37. The van der Waals surface area contributed by atoms with Gasteiger partial charge in [0.25, 0.3) is 0 Å². The first kappa shape index (κ1) is 19.2. The monoisotopic (exact) mass is 399 g/mol. The fraction of sp³-hybridized carbons (Fsp3) is 0.160. The van der Waals surface area contributed by atoms with E-state index in [0.29, 0.717) is 19.6 Å². The van der Waals surface area contributed by atoms with Crippen LogP contribution in [0.15, 0.2) is 77.7 Å². The van der Waals surface area contributed by atoms with E-state index in [2.05, 4.69) is 54.1 Å². The van der Waals surface area contributed by atoms with E-state index in [-0.39, 0.29) is 5.92 Å². The van der Waals surface area contributed by atoms with Gasteiger partial charge in [-0.15, -0.1) is 12.6 Å². The van der Waals surface area contributed by atoms with Crippen LogP contribution < -0.4 is 5.32 Å². The molecule has 1 aliphatic rings. The zero-order chi connectivity index (χ0) is 20.1. The van der Waals surface area contributed by atoms with Crippen LogP contribution in [0.25, 0.3) is 11.1 Å². The molecular weight excluding hydrogens is 378 g/mol. The van der Waals surface area contributed by atoms with E-state index in [4.69, 9.17) is 4.74 Å². The first-order chi connectivity index (χ1) is 14.2. The van der Waals surface area contributed by atoms with Gasteiger partial charge in [-0.2, -0.15) is 0 Å². The molecule has 4 rings (SSSR count). The SMILES string of the molecule is O=C(NCCC#Cc1ccccc1S)OCC1c2ccccc2-c2ccccc21. The van der Waals surface area contributed by atoms with E-state index in [1.807, 2.05) is 48.5 Å². The summed E-state index contributed by atoms with van der Waals surface area (Å²) in [5.41, 5.74) is 5.74. The minimum atomic E-state index is -0.414. The van der Waals surface area contributed by atoms with Crippen molar-refractivity contribution < 1.29 is 9.53 Å². The number of alkyl carbamates (subject to hydrolysis) is 1. The second-order valence-electron chi connectivity index (χ2n) is 6.82. The van der Waals surface area contributed by atoms with Gasteiger partial charge in [0, 0.05) is 29.3 Å². The molecule has 0 fully saturated rings. The predicted octanol–water partition coefficient (Wildman–Crippen LogP) is 5.26. The summed E-state index contributed by atoms with van der Waals surface area (Å²) in [5.74, 6) is 6.19. The number of benzene rings is 3. The third-order valence-electron chi connectivity index (χ3n) is 4.99. The fourth-order valence-corrected chi connectivity index (χ4v) is 3.83. The summed E-state index contributed by atoms with van der Waals surface area (Å²) in [6, 6.07) is 24.3. The first-order valence-electron chi connectivity index (χ1n) is 9.60. The van der Waals surface area contributed by atoms with E-state index >= 15 is 0 Å². The molecule has 0 bridgehead atoms. The van der Waals surface area contributed by atoms with Crippen LogP contribution in [0.4, 0.5) is 4.79 Å². The van der Waals surface area contributed by atoms with Crippen LogP contribution in [-0.4, -0.2) is 19.2 Å². The van der Waals surface area contributed by atoms with Crippen molar-refractivity contribution in [1.29, 1.82) is 0 Å². The van der Waals surface area contributed by atoms with E-state index in [9.17, 15) is 4.79 Å². The normalized spacial score (nSPS) is 11.8. The molecule has 4 heteroatoms. The number of carbonyl (C=O) groups is 1. The second-order valence-corrected chi connectivity index (χ2v) is 7.30. The molecule has 0 aromatic heterocycles. The molecular formula is C25H21NO2S. The highest BCUT2D eigenvalue weighted by atomic mass is 32.1. The van der Waals surface area contributed by atoms with Crippen LogP contribution in [-0.2, 0) is 4.74 Å². The molecule has 144 valence electrons. The topological polar surface area (TPSA) is 38.3 Å². The molecule has 0 spiro atoms. The summed E-state index contributed by atoms with van der Waals surface area (Å²) < 4.78 is 5.51. The van der Waals surface area contributed by atoms with Gasteiger partial charge in [0.2, 0.25) is 0 Å². The molecule has 3 aromatic carbocycles. The Morgan fingerprint density at radius 3 is 2.24 bits per heavy atom. The Morgan fingerprint density at radius 1 is 0.931 bits per heavy atom. The quantitative estimate of drug-likeness (QED) is 0.357. The average molecular weight is 400 g/mol. The maximum atomic E-state index is 12.1. The van der Waals surface area contributed by atoms with Crippen LogP contribution in [0.2, 0.25) is 0 Å². The van der Waals surface area contributed by atoms with Gasteiger partial charge in [-0.3, -0.25) is 0 Å². The molecule has 0 radical (unpaired) electrons. The standard InChI is InChI=1S/C25H21NO2S/c27-25(26-16-8-7-10-18-9-1-6-15-24(18)29)28-17-23-21-13-4-2-11-19(21)20-12-3-5-14-22(20)23/h1-6,9,11-15,23,29H,8,16-17H2,(H,26,27). The summed E-state index contributed by atoms with van der Waals surface area (Å²) in [4.78, 5) is 13.0. The zero-order valence-corrected chi connectivity index (χ0v) is 16.8. The third-order valence-corrected chi connectivity index (χ3v) is 5.38. The molecule has 1 aliphatic carbocycles. The Bertz CT molecular complexity index is 1050. The Hall–Kier alpha value is -3.16. The smallest absolute Gasteiger partial charge is 0.407 e. The Morgan fingerprint density at radius 2 is 1.55 bits per heavy atom. The number of nitrogens with one attached hydrogen (secondary N) is 1. The van der Waals surface area contributed by atoms with Crippen molar-refractivity contribution in [3.05, 3.63) is 89.5 Å². The lowest BCUT2D eigenvalue weighted by molar-refractivity contribution is 0.143. The van der Waals surface area contributed by atoms with Gasteiger partial charge in [-0.1, -0.05) is 72.5 Å². The van der Waals surface area contributed by atoms with Gasteiger partial charge < -0.3 is 10.1 Å². The van der Waals surface area contributed by atoms with Gasteiger partial charge >= 0.3 is 6.09 Å². The van der Waals surface area contributed by atoms with E-state index in [1.165, 1.54) is 22.3 Å². The lowest BCUT2D eigenvalue weighted by Crippen LogP contribution is -2.26. The number of carbonyl (C=O) groups excluding carboxylic acids is 1. The Kier molecular flexibility index (Phi) is 5.88. The van der Waals surface area contributed by atoms with Crippen LogP contribution in [0.3, 0.4) is 0 Å². The number of fused-ring (bicyclic) bond motifs is 3. The van der Waals surface area contributed by atoms with E-state index in [0.717, 1.165) is 10.5 Å². The lowest BCUT2D eigenvalue weighted by atomic mass is 9.98. The molecule has 3 aromatic rings. The highest BCUT2D eigenvalue weighted by Gasteiger charge is 2.28. The second kappa shape index (κ2) is 8.89. The maximum Gasteiger partial charge on any atom is 0.407 e. The Balaban J connectivity index is 1.30. The number of amides is 1. The zero-order valence-electron chi connectivity index (χ0n) is 15.9. The van der Waals surface area contributed by atoms with E-state index < -0.39 is 6.09 Å². The summed E-state index contributed by atoms with van der Waals surface area (Å²) in [7, 11) is 0. The molecule has 1 amide bonds. The van der Waals surface area contributed by atoms with Crippen LogP contribution in [0.5, 0.6) is 0 Å². The fourth-order valence-electron chi connectivity index (χ4n) is 3.61. The van der Waals surface area contributed by atoms with Crippen LogP contribution >= 0.6 is 12.6 Å². The number of hydrogen-bond donors (Lipinski definition) is 2.